The fourth-order valence-corrected chi connectivity index (χ4v) is 6.18. The van der Waals surface area contributed by atoms with E-state index < -0.39 is 10.0 Å². The molecule has 0 aliphatic carbocycles. The molecule has 2 aliphatic rings. The third-order valence-corrected chi connectivity index (χ3v) is 8.46. The molecule has 1 saturated heterocycles. The van der Waals surface area contributed by atoms with E-state index in [-0.39, 0.29) is 16.7 Å². The Hall–Kier alpha value is -3.49. The minimum absolute atomic E-state index is 0.0650. The van der Waals surface area contributed by atoms with Gasteiger partial charge in [0, 0.05) is 42.1 Å². The van der Waals surface area contributed by atoms with Crippen molar-refractivity contribution in [2.75, 3.05) is 29.9 Å². The number of hydrogen-bond acceptors (Lipinski definition) is 4. The minimum Gasteiger partial charge on any atom is -0.322 e. The second kappa shape index (κ2) is 9.64. The predicted octanol–water partition coefficient (Wildman–Crippen LogP) is 4.32. The second-order valence-corrected chi connectivity index (χ2v) is 10.8. The SMILES string of the molecule is O=C(Nc1ccc2c(c1)N(C(=O)c1ccccc1)CCC2)c1ccc(S(=O)(=O)N2CCCC2)cc1. The Kier molecular flexibility index (Phi) is 6.40. The van der Waals surface area contributed by atoms with Crippen LogP contribution in [0.4, 0.5) is 11.4 Å². The highest BCUT2D eigenvalue weighted by Gasteiger charge is 2.27. The molecule has 2 heterocycles. The lowest BCUT2D eigenvalue weighted by atomic mass is 10.00. The Bertz CT molecular complexity index is 1350. The van der Waals surface area contributed by atoms with Crippen LogP contribution in [0.15, 0.2) is 77.7 Å². The van der Waals surface area contributed by atoms with Gasteiger partial charge in [-0.05, 0) is 79.8 Å². The number of sulfonamides is 1. The Balaban J connectivity index is 1.34. The molecule has 0 saturated carbocycles. The van der Waals surface area contributed by atoms with E-state index in [9.17, 15) is 18.0 Å². The third kappa shape index (κ3) is 4.72. The van der Waals surface area contributed by atoms with Crippen molar-refractivity contribution in [2.24, 2.45) is 0 Å². The van der Waals surface area contributed by atoms with Crippen LogP contribution < -0.4 is 10.2 Å². The normalized spacial score (nSPS) is 16.1. The van der Waals surface area contributed by atoms with Crippen molar-refractivity contribution in [2.45, 2.75) is 30.6 Å². The van der Waals surface area contributed by atoms with E-state index in [1.54, 1.807) is 17.0 Å². The fourth-order valence-electron chi connectivity index (χ4n) is 4.66. The summed E-state index contributed by atoms with van der Waals surface area (Å²) in [7, 11) is -3.52. The number of nitrogens with one attached hydrogen (secondary N) is 1. The van der Waals surface area contributed by atoms with Crippen LogP contribution in [0.3, 0.4) is 0 Å². The van der Waals surface area contributed by atoms with E-state index in [2.05, 4.69) is 5.32 Å². The van der Waals surface area contributed by atoms with Gasteiger partial charge < -0.3 is 10.2 Å². The van der Waals surface area contributed by atoms with Gasteiger partial charge in [-0.1, -0.05) is 24.3 Å². The van der Waals surface area contributed by atoms with E-state index in [1.807, 2.05) is 36.4 Å². The van der Waals surface area contributed by atoms with E-state index in [0.29, 0.717) is 36.4 Å². The lowest BCUT2D eigenvalue weighted by molar-refractivity contribution is 0.0984. The van der Waals surface area contributed by atoms with Gasteiger partial charge >= 0.3 is 0 Å². The molecule has 7 nitrogen and oxygen atoms in total. The lowest BCUT2D eigenvalue weighted by Gasteiger charge is -2.30. The van der Waals surface area contributed by atoms with Crippen molar-refractivity contribution >= 4 is 33.2 Å². The van der Waals surface area contributed by atoms with Crippen LogP contribution in [0.1, 0.15) is 45.5 Å². The van der Waals surface area contributed by atoms with Gasteiger partial charge in [0.05, 0.1) is 4.90 Å². The molecule has 3 aromatic carbocycles. The van der Waals surface area contributed by atoms with Crippen molar-refractivity contribution in [1.29, 1.82) is 0 Å². The van der Waals surface area contributed by atoms with Gasteiger partial charge in [-0.25, -0.2) is 8.42 Å². The first-order valence-electron chi connectivity index (χ1n) is 11.8. The third-order valence-electron chi connectivity index (χ3n) is 6.55. The molecular weight excluding hydrogens is 462 g/mol. The molecule has 2 amide bonds. The van der Waals surface area contributed by atoms with Crippen molar-refractivity contribution in [3.05, 3.63) is 89.5 Å². The molecule has 0 spiro atoms. The molecule has 180 valence electrons. The first-order chi connectivity index (χ1) is 16.9. The summed E-state index contributed by atoms with van der Waals surface area (Å²) >= 11 is 0. The maximum atomic E-state index is 13.1. The number of rotatable bonds is 5. The summed E-state index contributed by atoms with van der Waals surface area (Å²) in [5, 5.41) is 2.88. The largest absolute Gasteiger partial charge is 0.322 e. The quantitative estimate of drug-likeness (QED) is 0.578. The van der Waals surface area contributed by atoms with Gasteiger partial charge in [0.1, 0.15) is 0 Å². The molecule has 1 N–H and O–H groups in total. The summed E-state index contributed by atoms with van der Waals surface area (Å²) in [5.74, 6) is -0.406. The van der Waals surface area contributed by atoms with Crippen LogP contribution in [0.25, 0.3) is 0 Å². The zero-order valence-corrected chi connectivity index (χ0v) is 20.1. The highest BCUT2D eigenvalue weighted by atomic mass is 32.2. The maximum absolute atomic E-state index is 13.1. The first-order valence-corrected chi connectivity index (χ1v) is 13.3. The van der Waals surface area contributed by atoms with E-state index in [0.717, 1.165) is 36.9 Å². The van der Waals surface area contributed by atoms with E-state index in [4.69, 9.17) is 0 Å². The Morgan fingerprint density at radius 3 is 2.20 bits per heavy atom. The van der Waals surface area contributed by atoms with Gasteiger partial charge in [0.15, 0.2) is 0 Å². The smallest absolute Gasteiger partial charge is 0.258 e. The van der Waals surface area contributed by atoms with E-state index in [1.165, 1.54) is 28.6 Å². The molecule has 0 atom stereocenters. The summed E-state index contributed by atoms with van der Waals surface area (Å²) in [4.78, 5) is 28.0. The van der Waals surface area contributed by atoms with Crippen LogP contribution in [-0.4, -0.2) is 44.2 Å². The Morgan fingerprint density at radius 1 is 0.771 bits per heavy atom. The Morgan fingerprint density at radius 2 is 1.49 bits per heavy atom. The highest BCUT2D eigenvalue weighted by Crippen LogP contribution is 2.31. The van der Waals surface area contributed by atoms with Gasteiger partial charge in [-0.3, -0.25) is 9.59 Å². The number of fused-ring (bicyclic) bond motifs is 1. The monoisotopic (exact) mass is 489 g/mol. The number of amides is 2. The molecule has 0 aromatic heterocycles. The van der Waals surface area contributed by atoms with Gasteiger partial charge in [-0.2, -0.15) is 4.31 Å². The number of carbonyl (C=O) groups is 2. The molecular formula is C27H27N3O4S. The second-order valence-electron chi connectivity index (χ2n) is 8.86. The lowest BCUT2D eigenvalue weighted by Crippen LogP contribution is -2.35. The molecule has 1 fully saturated rings. The molecule has 35 heavy (non-hydrogen) atoms. The first kappa shape index (κ1) is 23.3. The summed E-state index contributed by atoms with van der Waals surface area (Å²) in [5.41, 5.74) is 3.43. The number of aryl methyl sites for hydroxylation is 1. The summed E-state index contributed by atoms with van der Waals surface area (Å²) in [6, 6.07) is 20.8. The van der Waals surface area contributed by atoms with Crippen molar-refractivity contribution in [3.8, 4) is 0 Å². The van der Waals surface area contributed by atoms with Gasteiger partial charge in [0.25, 0.3) is 11.8 Å². The molecule has 5 rings (SSSR count). The van der Waals surface area contributed by atoms with E-state index >= 15 is 0 Å². The average molecular weight is 490 g/mol. The highest BCUT2D eigenvalue weighted by molar-refractivity contribution is 7.89. The summed E-state index contributed by atoms with van der Waals surface area (Å²) in [6.07, 6.45) is 3.49. The molecule has 0 unspecified atom stereocenters. The molecule has 0 bridgehead atoms. The zero-order chi connectivity index (χ0) is 24.4. The number of carbonyl (C=O) groups excluding carboxylic acids is 2. The zero-order valence-electron chi connectivity index (χ0n) is 19.3. The van der Waals surface area contributed by atoms with Crippen molar-refractivity contribution in [3.63, 3.8) is 0 Å². The molecule has 0 radical (unpaired) electrons. The topological polar surface area (TPSA) is 86.8 Å². The van der Waals surface area contributed by atoms with Crippen LogP contribution >= 0.6 is 0 Å². The van der Waals surface area contributed by atoms with Gasteiger partial charge in [-0.15, -0.1) is 0 Å². The Labute approximate surface area is 205 Å². The van der Waals surface area contributed by atoms with Crippen LogP contribution in [-0.2, 0) is 16.4 Å². The summed E-state index contributed by atoms with van der Waals surface area (Å²) in [6.45, 7) is 1.68. The van der Waals surface area contributed by atoms with Crippen LogP contribution in [0.5, 0.6) is 0 Å². The van der Waals surface area contributed by atoms with Crippen LogP contribution in [0, 0.1) is 0 Å². The number of nitrogens with zero attached hydrogens (tertiary/aromatic N) is 2. The minimum atomic E-state index is -3.52. The molecule has 8 heteroatoms. The molecule has 2 aliphatic heterocycles. The van der Waals surface area contributed by atoms with Crippen molar-refractivity contribution in [1.82, 2.24) is 4.31 Å². The fraction of sp³-hybridized carbons (Fsp3) is 0.259. The maximum Gasteiger partial charge on any atom is 0.258 e. The predicted molar refractivity (Wildman–Crippen MR) is 135 cm³/mol. The molecule has 3 aromatic rings. The number of hydrogen-bond donors (Lipinski definition) is 1. The van der Waals surface area contributed by atoms with Gasteiger partial charge in [0.2, 0.25) is 10.0 Å². The number of benzene rings is 3. The summed E-state index contributed by atoms with van der Waals surface area (Å²) < 4.78 is 26.9. The van der Waals surface area contributed by atoms with Crippen molar-refractivity contribution < 1.29 is 18.0 Å². The standard InChI is InChI=1S/C27H27N3O4S/c31-26(21-11-14-24(15-12-21)35(33,34)29-16-4-5-17-29)28-23-13-10-20-9-6-18-30(25(20)19-23)27(32)22-7-2-1-3-8-22/h1-3,7-8,10-15,19H,4-6,9,16-18H2,(H,28,31). The van der Waals surface area contributed by atoms with Crippen LogP contribution in [0.2, 0.25) is 0 Å². The number of anilines is 2. The average Bonchev–Trinajstić information content (AvgIpc) is 3.45.